The Balaban J connectivity index is 5.12. The second-order valence-corrected chi connectivity index (χ2v) is 3.54. The summed E-state index contributed by atoms with van der Waals surface area (Å²) in [7, 11) is 0. The van der Waals surface area contributed by atoms with Crippen molar-refractivity contribution in [2.24, 2.45) is 10.9 Å². The number of aliphatic carboxylic acids is 1. The van der Waals surface area contributed by atoms with Gasteiger partial charge < -0.3 is 15.7 Å². The zero-order chi connectivity index (χ0) is 15.0. The van der Waals surface area contributed by atoms with Gasteiger partial charge in [0, 0.05) is 17.4 Å². The van der Waals surface area contributed by atoms with E-state index in [1.807, 2.05) is 0 Å². The van der Waals surface area contributed by atoms with Gasteiger partial charge in [0.2, 0.25) is 12.6 Å². The quantitative estimate of drug-likeness (QED) is 0.359. The molecular formula is C10H15N3O6. The van der Waals surface area contributed by atoms with E-state index in [1.54, 1.807) is 6.92 Å². The zero-order valence-electron chi connectivity index (χ0n) is 10.5. The van der Waals surface area contributed by atoms with Crippen molar-refractivity contribution in [3.05, 3.63) is 21.8 Å². The van der Waals surface area contributed by atoms with Crippen LogP contribution in [0, 0.1) is 10.1 Å². The Morgan fingerprint density at radius 1 is 1.58 bits per heavy atom. The number of carboxylic acid groups (broad SMARTS) is 1. The first-order chi connectivity index (χ1) is 8.79. The van der Waals surface area contributed by atoms with Crippen LogP contribution >= 0.6 is 0 Å². The summed E-state index contributed by atoms with van der Waals surface area (Å²) in [5.74, 6) is -2.24. The van der Waals surface area contributed by atoms with E-state index in [0.717, 1.165) is 6.08 Å². The predicted molar refractivity (Wildman–Crippen MR) is 65.0 cm³/mol. The molecule has 0 aromatic rings. The van der Waals surface area contributed by atoms with Gasteiger partial charge in [0.05, 0.1) is 0 Å². The van der Waals surface area contributed by atoms with Crippen LogP contribution in [0.5, 0.6) is 0 Å². The van der Waals surface area contributed by atoms with Gasteiger partial charge in [-0.25, -0.2) is 4.79 Å². The lowest BCUT2D eigenvalue weighted by molar-refractivity contribution is -0.507. The van der Waals surface area contributed by atoms with Crippen molar-refractivity contribution in [3.63, 3.8) is 0 Å². The second-order valence-electron chi connectivity index (χ2n) is 3.54. The van der Waals surface area contributed by atoms with Gasteiger partial charge in [-0.15, -0.1) is 0 Å². The van der Waals surface area contributed by atoms with Crippen molar-refractivity contribution < 1.29 is 24.5 Å². The molecule has 0 spiro atoms. The minimum absolute atomic E-state index is 0.313. The summed E-state index contributed by atoms with van der Waals surface area (Å²) in [4.78, 5) is 35.8. The molecule has 3 N–H and O–H groups in total. The average molecular weight is 273 g/mol. The summed E-state index contributed by atoms with van der Waals surface area (Å²) in [5.41, 5.74) is 4.97. The number of nitrogens with zero attached hydrogens (tertiary/aromatic N) is 2. The second kappa shape index (κ2) is 7.80. The van der Waals surface area contributed by atoms with Gasteiger partial charge in [-0.3, -0.25) is 14.9 Å². The fourth-order valence-electron chi connectivity index (χ4n) is 1.13. The lowest BCUT2D eigenvalue weighted by atomic mass is 10.0. The van der Waals surface area contributed by atoms with E-state index in [9.17, 15) is 19.7 Å². The topological polar surface area (TPSA) is 145 Å². The highest BCUT2D eigenvalue weighted by Gasteiger charge is 2.19. The van der Waals surface area contributed by atoms with E-state index in [2.05, 4.69) is 9.99 Å². The number of hydrogen-bond donors (Lipinski definition) is 2. The number of carbonyl (C=O) groups excluding carboxylic acids is 1. The molecule has 9 nitrogen and oxygen atoms in total. The third-order valence-electron chi connectivity index (χ3n) is 2.19. The number of primary amides is 1. The summed E-state index contributed by atoms with van der Waals surface area (Å²) in [5, 5.41) is 22.2. The van der Waals surface area contributed by atoms with Crippen LogP contribution in [-0.4, -0.2) is 40.3 Å². The molecular weight excluding hydrogens is 258 g/mol. The van der Waals surface area contributed by atoms with Crippen molar-refractivity contribution in [2.75, 3.05) is 6.61 Å². The highest BCUT2D eigenvalue weighted by Crippen LogP contribution is 2.10. The highest BCUT2D eigenvalue weighted by molar-refractivity contribution is 6.42. The SMILES string of the molecule is CC/C(=C\C(=N\OCC(=O)O)C(N)=O)C(C)[N+](=O)[O-]. The lowest BCUT2D eigenvalue weighted by Crippen LogP contribution is -2.25. The van der Waals surface area contributed by atoms with Crippen LogP contribution in [0.1, 0.15) is 20.3 Å². The van der Waals surface area contributed by atoms with Crippen LogP contribution in [0.4, 0.5) is 0 Å². The van der Waals surface area contributed by atoms with Crippen LogP contribution < -0.4 is 5.73 Å². The molecule has 19 heavy (non-hydrogen) atoms. The lowest BCUT2D eigenvalue weighted by Gasteiger charge is -2.07. The third kappa shape index (κ3) is 6.15. The standard InChI is InChI=1S/C10H15N3O6/c1-3-7(6(2)13(17)18)4-8(10(11)16)12-19-5-9(14)15/h4,6H,3,5H2,1-2H3,(H2,11,16)(H,14,15)/b7-4+,12-8-. The first kappa shape index (κ1) is 16.6. The molecule has 0 aliphatic carbocycles. The van der Waals surface area contributed by atoms with Crippen LogP contribution in [0.3, 0.4) is 0 Å². The number of oxime groups is 1. The Labute approximate surface area is 108 Å². The van der Waals surface area contributed by atoms with E-state index in [-0.39, 0.29) is 5.71 Å². The van der Waals surface area contributed by atoms with Gasteiger partial charge in [0.15, 0.2) is 5.71 Å². The van der Waals surface area contributed by atoms with Crippen LogP contribution in [-0.2, 0) is 14.4 Å². The number of nitrogens with two attached hydrogens (primary N) is 1. The highest BCUT2D eigenvalue weighted by atomic mass is 16.6. The van der Waals surface area contributed by atoms with Crippen LogP contribution in [0.2, 0.25) is 0 Å². The van der Waals surface area contributed by atoms with Crippen LogP contribution in [0.15, 0.2) is 16.8 Å². The molecule has 0 saturated heterocycles. The van der Waals surface area contributed by atoms with Gasteiger partial charge in [0.1, 0.15) is 0 Å². The fourth-order valence-corrected chi connectivity index (χ4v) is 1.13. The maximum Gasteiger partial charge on any atom is 0.344 e. The van der Waals surface area contributed by atoms with Crippen molar-refractivity contribution in [1.82, 2.24) is 0 Å². The van der Waals surface area contributed by atoms with Crippen molar-refractivity contribution in [3.8, 4) is 0 Å². The van der Waals surface area contributed by atoms with Gasteiger partial charge in [-0.1, -0.05) is 12.1 Å². The summed E-state index contributed by atoms with van der Waals surface area (Å²) in [6.07, 6.45) is 1.45. The van der Waals surface area contributed by atoms with E-state index < -0.39 is 29.4 Å². The Kier molecular flexibility index (Phi) is 6.79. The molecule has 0 bridgehead atoms. The Bertz CT molecular complexity index is 429. The van der Waals surface area contributed by atoms with Gasteiger partial charge in [-0.2, -0.15) is 0 Å². The van der Waals surface area contributed by atoms with E-state index in [4.69, 9.17) is 10.8 Å². The largest absolute Gasteiger partial charge is 0.479 e. The van der Waals surface area contributed by atoms with E-state index in [0.29, 0.717) is 12.0 Å². The predicted octanol–water partition coefficient (Wildman–Crippen LogP) is -0.0695. The molecule has 1 unspecified atom stereocenters. The molecule has 0 heterocycles. The Morgan fingerprint density at radius 3 is 2.53 bits per heavy atom. The molecule has 1 amide bonds. The zero-order valence-corrected chi connectivity index (χ0v) is 10.5. The molecule has 0 aromatic heterocycles. The maximum atomic E-state index is 11.1. The Morgan fingerprint density at radius 2 is 2.16 bits per heavy atom. The first-order valence-electron chi connectivity index (χ1n) is 5.35. The number of carbonyl (C=O) groups is 2. The molecule has 0 radical (unpaired) electrons. The molecule has 0 saturated carbocycles. The number of nitro groups is 1. The van der Waals surface area contributed by atoms with Crippen molar-refractivity contribution in [2.45, 2.75) is 26.3 Å². The number of amides is 1. The number of rotatable bonds is 8. The monoisotopic (exact) mass is 273 g/mol. The molecule has 1 atom stereocenters. The summed E-state index contributed by atoms with van der Waals surface area (Å²) >= 11 is 0. The molecule has 9 heteroatoms. The average Bonchev–Trinajstić information content (AvgIpc) is 2.31. The normalized spacial score (nSPS) is 13.8. The van der Waals surface area contributed by atoms with Gasteiger partial charge in [-0.05, 0) is 12.5 Å². The molecule has 0 rings (SSSR count). The summed E-state index contributed by atoms with van der Waals surface area (Å²) in [6.45, 7) is 2.28. The van der Waals surface area contributed by atoms with E-state index in [1.165, 1.54) is 6.92 Å². The molecule has 0 aliphatic heterocycles. The summed E-state index contributed by atoms with van der Waals surface area (Å²) in [6, 6.07) is -1.01. The number of hydrogen-bond acceptors (Lipinski definition) is 6. The van der Waals surface area contributed by atoms with Crippen LogP contribution in [0.25, 0.3) is 0 Å². The molecule has 0 aromatic carbocycles. The van der Waals surface area contributed by atoms with Crippen molar-refractivity contribution in [1.29, 1.82) is 0 Å². The van der Waals surface area contributed by atoms with E-state index >= 15 is 0 Å². The third-order valence-corrected chi connectivity index (χ3v) is 2.19. The van der Waals surface area contributed by atoms with Crippen molar-refractivity contribution >= 4 is 17.6 Å². The smallest absolute Gasteiger partial charge is 0.344 e. The number of carboxylic acids is 1. The molecule has 106 valence electrons. The summed E-state index contributed by atoms with van der Waals surface area (Å²) < 4.78 is 0. The Hall–Kier alpha value is -2.45. The minimum atomic E-state index is -1.27. The van der Waals surface area contributed by atoms with Gasteiger partial charge in [0.25, 0.3) is 5.91 Å². The molecule has 0 fully saturated rings. The molecule has 0 aliphatic rings. The fraction of sp³-hybridized carbons (Fsp3) is 0.500. The first-order valence-corrected chi connectivity index (χ1v) is 5.35. The maximum absolute atomic E-state index is 11.1. The van der Waals surface area contributed by atoms with Gasteiger partial charge >= 0.3 is 5.97 Å². The minimum Gasteiger partial charge on any atom is -0.479 e.